The monoisotopic (exact) mass is 472 g/mol. The number of aromatic nitrogens is 2. The fraction of sp³-hybridized carbons (Fsp3) is 0.444. The highest BCUT2D eigenvalue weighted by atomic mass is 35.5. The van der Waals surface area contributed by atoms with Crippen LogP contribution in [0.4, 0.5) is 8.63 Å². The third-order valence-electron chi connectivity index (χ3n) is 6.32. The molecule has 0 amide bonds. The summed E-state index contributed by atoms with van der Waals surface area (Å²) in [5.41, 5.74) is 5.57. The molecular formula is C27H36BClF2N2. The molecule has 2 aromatic carbocycles. The van der Waals surface area contributed by atoms with Gasteiger partial charge in [-0.1, -0.05) is 91.8 Å². The van der Waals surface area contributed by atoms with Crippen LogP contribution in [0.3, 0.4) is 0 Å². The average molecular weight is 473 g/mol. The molecule has 0 bridgehead atoms. The lowest BCUT2D eigenvalue weighted by Gasteiger charge is -2.23. The van der Waals surface area contributed by atoms with Crippen molar-refractivity contribution in [2.75, 3.05) is 0 Å². The van der Waals surface area contributed by atoms with E-state index in [1.807, 2.05) is 36.4 Å². The van der Waals surface area contributed by atoms with Crippen molar-refractivity contribution in [2.24, 2.45) is 0 Å². The van der Waals surface area contributed by atoms with Crippen LogP contribution in [0.2, 0.25) is 0 Å². The van der Waals surface area contributed by atoms with E-state index in [-0.39, 0.29) is 29.4 Å². The Kier molecular flexibility index (Phi) is 7.43. The van der Waals surface area contributed by atoms with E-state index in [0.29, 0.717) is 0 Å². The molecule has 0 aliphatic carbocycles. The molecule has 178 valence electrons. The molecule has 2 nitrogen and oxygen atoms in total. The van der Waals surface area contributed by atoms with Gasteiger partial charge in [0.1, 0.15) is 23.8 Å². The van der Waals surface area contributed by atoms with Gasteiger partial charge in [0.25, 0.3) is 0 Å². The van der Waals surface area contributed by atoms with Gasteiger partial charge in [-0.25, -0.2) is 9.13 Å². The van der Waals surface area contributed by atoms with Gasteiger partial charge in [-0.3, -0.25) is 0 Å². The first-order chi connectivity index (χ1) is 15.4. The van der Waals surface area contributed by atoms with Crippen molar-refractivity contribution in [2.45, 2.75) is 79.1 Å². The number of imidazole rings is 1. The van der Waals surface area contributed by atoms with E-state index in [1.54, 1.807) is 21.5 Å². The second-order valence-corrected chi connectivity index (χ2v) is 10.7. The van der Waals surface area contributed by atoms with Crippen molar-refractivity contribution in [1.29, 1.82) is 0 Å². The molecule has 1 heterocycles. The van der Waals surface area contributed by atoms with Crippen molar-refractivity contribution in [3.05, 3.63) is 71.0 Å². The van der Waals surface area contributed by atoms with Gasteiger partial charge in [-0.2, -0.15) is 0 Å². The molecule has 0 unspecified atom stereocenters. The highest BCUT2D eigenvalue weighted by Gasteiger charge is 2.40. The van der Waals surface area contributed by atoms with Gasteiger partial charge in [-0.05, 0) is 23.7 Å². The van der Waals surface area contributed by atoms with Gasteiger partial charge >= 0.3 is 6.12 Å². The lowest BCUT2D eigenvalue weighted by atomic mass is 9.88. The van der Waals surface area contributed by atoms with Gasteiger partial charge in [-0.15, -0.1) is 0 Å². The number of benzene rings is 2. The number of halogens is 3. The first-order valence-electron chi connectivity index (χ1n) is 11.9. The molecule has 33 heavy (non-hydrogen) atoms. The minimum absolute atomic E-state index is 0.174. The molecule has 0 atom stereocenters. The van der Waals surface area contributed by atoms with Crippen LogP contribution >= 0.6 is 11.5 Å². The quantitative estimate of drug-likeness (QED) is 0.248. The molecule has 0 N–H and O–H groups in total. The summed E-state index contributed by atoms with van der Waals surface area (Å²) >= 11 is 5.93. The van der Waals surface area contributed by atoms with Gasteiger partial charge in [0, 0.05) is 22.3 Å². The van der Waals surface area contributed by atoms with E-state index >= 15 is 8.63 Å². The van der Waals surface area contributed by atoms with E-state index in [1.165, 1.54) is 0 Å². The predicted octanol–water partition coefficient (Wildman–Crippen LogP) is 7.57. The maximum atomic E-state index is 15.3. The fourth-order valence-electron chi connectivity index (χ4n) is 4.68. The Balaban J connectivity index is 2.47. The Labute approximate surface area is 202 Å². The average Bonchev–Trinajstić information content (AvgIpc) is 3.17. The molecule has 1 aromatic heterocycles. The minimum Gasteiger partial charge on any atom is -0.455 e. The molecule has 0 aliphatic heterocycles. The number of hydrogen-bond acceptors (Lipinski definition) is 0. The van der Waals surface area contributed by atoms with Gasteiger partial charge in [0.2, 0.25) is 0 Å². The van der Waals surface area contributed by atoms with Crippen molar-refractivity contribution < 1.29 is 13.2 Å². The first-order valence-corrected chi connectivity index (χ1v) is 12.4. The third kappa shape index (κ3) is 4.89. The van der Waals surface area contributed by atoms with Crippen LogP contribution in [0, 0.1) is 0 Å². The van der Waals surface area contributed by atoms with Crippen molar-refractivity contribution in [1.82, 2.24) is 4.57 Å². The summed E-state index contributed by atoms with van der Waals surface area (Å²) in [6, 6.07) is 12.1. The van der Waals surface area contributed by atoms with Crippen LogP contribution in [0.25, 0.3) is 11.4 Å². The van der Waals surface area contributed by atoms with Gasteiger partial charge < -0.3 is 20.1 Å². The van der Waals surface area contributed by atoms with Crippen molar-refractivity contribution in [3.63, 3.8) is 0 Å². The second-order valence-electron chi connectivity index (χ2n) is 10.2. The zero-order valence-electron chi connectivity index (χ0n) is 21.0. The molecule has 0 radical (unpaired) electrons. The Morgan fingerprint density at radius 1 is 0.727 bits per heavy atom. The largest absolute Gasteiger partial charge is 0.506 e. The summed E-state index contributed by atoms with van der Waals surface area (Å²) in [6.07, 6.45) is -0.831. The number of hydrogen-bond donors (Lipinski definition) is 0. The van der Waals surface area contributed by atoms with Gasteiger partial charge in [0.15, 0.2) is 5.72 Å². The Bertz CT molecular complexity index is 994. The first kappa shape index (κ1) is 25.5. The summed E-state index contributed by atoms with van der Waals surface area (Å²) in [4.78, 5) is 0. The Morgan fingerprint density at radius 2 is 1.12 bits per heavy atom. The summed E-state index contributed by atoms with van der Waals surface area (Å²) in [5.74, 6) is 0.696. The SMILES string of the molecule is CC(C)c1cccc(C(C)C)c1-n1cc[n+](-c2c(C(C)C)cccc2C(C)C)c1[B-](F)(F)Cl. The van der Waals surface area contributed by atoms with E-state index in [0.717, 1.165) is 33.6 Å². The van der Waals surface area contributed by atoms with Crippen LogP contribution in [0.5, 0.6) is 0 Å². The Morgan fingerprint density at radius 3 is 1.48 bits per heavy atom. The third-order valence-corrected chi connectivity index (χ3v) is 6.51. The molecule has 0 spiro atoms. The molecular weight excluding hydrogens is 437 g/mol. The zero-order valence-corrected chi connectivity index (χ0v) is 21.8. The van der Waals surface area contributed by atoms with Crippen LogP contribution in [-0.2, 0) is 0 Å². The number of nitrogens with zero attached hydrogens (tertiary/aromatic N) is 2. The minimum atomic E-state index is -4.33. The molecule has 3 rings (SSSR count). The van der Waals surface area contributed by atoms with Crippen LogP contribution < -0.4 is 10.3 Å². The second kappa shape index (κ2) is 9.62. The molecule has 0 saturated heterocycles. The smallest absolute Gasteiger partial charge is 0.455 e. The molecule has 0 fully saturated rings. The summed E-state index contributed by atoms with van der Waals surface area (Å²) in [6.45, 7) is 16.7. The molecule has 0 aliphatic rings. The lowest BCUT2D eigenvalue weighted by Crippen LogP contribution is -2.59. The summed E-state index contributed by atoms with van der Waals surface area (Å²) in [5, 5.41) is 0. The summed E-state index contributed by atoms with van der Waals surface area (Å²) in [7, 11) is 0. The van der Waals surface area contributed by atoms with Crippen LogP contribution in [-0.4, -0.2) is 10.7 Å². The van der Waals surface area contributed by atoms with E-state index < -0.39 is 6.12 Å². The standard InChI is InChI=1S/C27H36BClF2N2/c1-17(2)21-11-9-12-22(18(3)4)25(21)32-15-16-33(27(32)28(29,30)31)26-23(19(5)6)13-10-14-24(26)20(7)8/h9-20H,1-8H3. The Hall–Kier alpha value is -2.14. The number of para-hydroxylation sites is 2. The van der Waals surface area contributed by atoms with Crippen LogP contribution in [0.15, 0.2) is 48.8 Å². The van der Waals surface area contributed by atoms with Crippen molar-refractivity contribution >= 4 is 23.3 Å². The summed E-state index contributed by atoms with van der Waals surface area (Å²) < 4.78 is 33.9. The fourth-order valence-corrected chi connectivity index (χ4v) is 4.89. The lowest BCUT2D eigenvalue weighted by molar-refractivity contribution is -0.578. The predicted molar refractivity (Wildman–Crippen MR) is 137 cm³/mol. The molecule has 6 heteroatoms. The molecule has 0 saturated carbocycles. The molecule has 3 aromatic rings. The zero-order chi connectivity index (χ0) is 24.7. The maximum absolute atomic E-state index is 15.3. The van der Waals surface area contributed by atoms with E-state index in [4.69, 9.17) is 11.5 Å². The topological polar surface area (TPSA) is 8.81 Å². The van der Waals surface area contributed by atoms with Crippen molar-refractivity contribution in [3.8, 4) is 11.4 Å². The maximum Gasteiger partial charge on any atom is 0.506 e. The van der Waals surface area contributed by atoms with E-state index in [9.17, 15) is 0 Å². The van der Waals surface area contributed by atoms with Gasteiger partial charge in [0.05, 0.1) is 0 Å². The normalized spacial score (nSPS) is 12.6. The highest BCUT2D eigenvalue weighted by molar-refractivity contribution is 7.18. The van der Waals surface area contributed by atoms with E-state index in [2.05, 4.69) is 55.4 Å². The number of rotatable bonds is 7. The highest BCUT2D eigenvalue weighted by Crippen LogP contribution is 2.33. The van der Waals surface area contributed by atoms with Crippen LogP contribution in [0.1, 0.15) is 101 Å².